The average Bonchev–Trinajstić information content (AvgIpc) is 2.85. The number of rotatable bonds is 6. The van der Waals surface area contributed by atoms with Crippen LogP contribution in [0.1, 0.15) is 24.8 Å². The van der Waals surface area contributed by atoms with Crippen molar-refractivity contribution in [3.8, 4) is 5.88 Å². The smallest absolute Gasteiger partial charge is 0.303 e. The van der Waals surface area contributed by atoms with E-state index in [1.54, 1.807) is 13.3 Å². The molecular weight excluding hydrogens is 244 g/mol. The van der Waals surface area contributed by atoms with E-state index >= 15 is 0 Å². The van der Waals surface area contributed by atoms with Crippen LogP contribution >= 0.6 is 0 Å². The molecule has 1 fully saturated rings. The van der Waals surface area contributed by atoms with Crippen LogP contribution in [0.4, 0.5) is 0 Å². The number of hydrogen-bond donors (Lipinski definition) is 1. The van der Waals surface area contributed by atoms with Crippen LogP contribution in [0.2, 0.25) is 0 Å². The number of carboxylic acid groups (broad SMARTS) is 1. The van der Waals surface area contributed by atoms with Crippen LogP contribution < -0.4 is 4.74 Å². The summed E-state index contributed by atoms with van der Waals surface area (Å²) in [5, 5.41) is 8.70. The third kappa shape index (κ3) is 3.92. The van der Waals surface area contributed by atoms with Crippen LogP contribution in [0.25, 0.3) is 0 Å². The van der Waals surface area contributed by atoms with Gasteiger partial charge < -0.3 is 9.84 Å². The van der Waals surface area contributed by atoms with Crippen molar-refractivity contribution >= 4 is 5.97 Å². The SMILES string of the molecule is COc1ncccc1CN1CCC(CCC(=O)O)C1. The van der Waals surface area contributed by atoms with E-state index in [0.717, 1.165) is 38.0 Å². The average molecular weight is 264 g/mol. The largest absolute Gasteiger partial charge is 0.481 e. The number of hydrogen-bond acceptors (Lipinski definition) is 4. The predicted molar refractivity (Wildman–Crippen MR) is 71.0 cm³/mol. The minimum atomic E-state index is -0.702. The molecule has 1 unspecified atom stereocenters. The van der Waals surface area contributed by atoms with E-state index in [-0.39, 0.29) is 6.42 Å². The van der Waals surface area contributed by atoms with E-state index in [0.29, 0.717) is 11.8 Å². The monoisotopic (exact) mass is 264 g/mol. The summed E-state index contributed by atoms with van der Waals surface area (Å²) >= 11 is 0. The van der Waals surface area contributed by atoms with Gasteiger partial charge in [0.15, 0.2) is 0 Å². The van der Waals surface area contributed by atoms with Crippen molar-refractivity contribution in [2.45, 2.75) is 25.8 Å². The first-order valence-electron chi connectivity index (χ1n) is 6.61. The van der Waals surface area contributed by atoms with Crippen LogP contribution in [0.15, 0.2) is 18.3 Å². The number of ether oxygens (including phenoxy) is 1. The molecule has 19 heavy (non-hydrogen) atoms. The fourth-order valence-electron chi connectivity index (χ4n) is 2.59. The Labute approximate surface area is 113 Å². The summed E-state index contributed by atoms with van der Waals surface area (Å²) in [5.41, 5.74) is 1.09. The number of likely N-dealkylation sites (tertiary alicyclic amines) is 1. The third-order valence-electron chi connectivity index (χ3n) is 3.57. The Kier molecular flexibility index (Phi) is 4.74. The number of methoxy groups -OCH3 is 1. The highest BCUT2D eigenvalue weighted by atomic mass is 16.5. The molecule has 1 N–H and O–H groups in total. The second kappa shape index (κ2) is 6.52. The fourth-order valence-corrected chi connectivity index (χ4v) is 2.59. The molecule has 2 heterocycles. The Morgan fingerprint density at radius 3 is 3.21 bits per heavy atom. The van der Waals surface area contributed by atoms with E-state index in [4.69, 9.17) is 9.84 Å². The number of carbonyl (C=O) groups is 1. The van der Waals surface area contributed by atoms with Gasteiger partial charge in [0.05, 0.1) is 7.11 Å². The van der Waals surface area contributed by atoms with E-state index in [1.807, 2.05) is 12.1 Å². The molecule has 5 heteroatoms. The molecule has 1 aromatic heterocycles. The van der Waals surface area contributed by atoms with E-state index in [1.165, 1.54) is 0 Å². The first-order valence-corrected chi connectivity index (χ1v) is 6.61. The minimum absolute atomic E-state index is 0.273. The van der Waals surface area contributed by atoms with Gasteiger partial charge in [-0.2, -0.15) is 0 Å². The van der Waals surface area contributed by atoms with Gasteiger partial charge in [0.1, 0.15) is 0 Å². The summed E-state index contributed by atoms with van der Waals surface area (Å²) in [4.78, 5) is 17.1. The Hall–Kier alpha value is -1.62. The first-order chi connectivity index (χ1) is 9.19. The molecule has 5 nitrogen and oxygen atoms in total. The van der Waals surface area contributed by atoms with Crippen LogP contribution in [0.3, 0.4) is 0 Å². The van der Waals surface area contributed by atoms with Crippen molar-refractivity contribution in [1.82, 2.24) is 9.88 Å². The molecule has 0 spiro atoms. The van der Waals surface area contributed by atoms with Gasteiger partial charge in [-0.05, 0) is 31.4 Å². The maximum atomic E-state index is 10.6. The molecule has 1 aliphatic heterocycles. The summed E-state index contributed by atoms with van der Waals surface area (Å²) in [5.74, 6) is 0.475. The number of pyridine rings is 1. The Morgan fingerprint density at radius 2 is 2.47 bits per heavy atom. The molecule has 0 bridgehead atoms. The molecule has 1 saturated heterocycles. The highest BCUT2D eigenvalue weighted by Gasteiger charge is 2.23. The zero-order valence-electron chi connectivity index (χ0n) is 11.2. The molecule has 0 saturated carbocycles. The maximum absolute atomic E-state index is 10.6. The van der Waals surface area contributed by atoms with E-state index in [2.05, 4.69) is 9.88 Å². The predicted octanol–water partition coefficient (Wildman–Crippen LogP) is 1.78. The number of aromatic nitrogens is 1. The standard InChI is InChI=1S/C14H20N2O3/c1-19-14-12(3-2-7-15-14)10-16-8-6-11(9-16)4-5-13(17)18/h2-3,7,11H,4-6,8-10H2,1H3,(H,17,18). The van der Waals surface area contributed by atoms with Gasteiger partial charge in [-0.15, -0.1) is 0 Å². The van der Waals surface area contributed by atoms with Crippen LogP contribution in [-0.4, -0.2) is 41.2 Å². The molecule has 104 valence electrons. The molecule has 0 aromatic carbocycles. The van der Waals surface area contributed by atoms with Gasteiger partial charge in [-0.25, -0.2) is 4.98 Å². The highest BCUT2D eigenvalue weighted by Crippen LogP contribution is 2.24. The van der Waals surface area contributed by atoms with Crippen LogP contribution in [0.5, 0.6) is 5.88 Å². The number of carboxylic acids is 1. The number of aliphatic carboxylic acids is 1. The van der Waals surface area contributed by atoms with Crippen LogP contribution in [0, 0.1) is 5.92 Å². The van der Waals surface area contributed by atoms with Gasteiger partial charge in [-0.3, -0.25) is 9.69 Å². The van der Waals surface area contributed by atoms with Crippen molar-refractivity contribution < 1.29 is 14.6 Å². The summed E-state index contributed by atoms with van der Waals surface area (Å²) in [6.45, 7) is 2.80. The topological polar surface area (TPSA) is 62.7 Å². The number of nitrogens with zero attached hydrogens (tertiary/aromatic N) is 2. The van der Waals surface area contributed by atoms with Gasteiger partial charge in [0, 0.05) is 31.3 Å². The second-order valence-corrected chi connectivity index (χ2v) is 4.99. The van der Waals surface area contributed by atoms with Gasteiger partial charge in [0.25, 0.3) is 0 Å². The van der Waals surface area contributed by atoms with Crippen molar-refractivity contribution in [2.24, 2.45) is 5.92 Å². The Balaban J connectivity index is 1.86. The lowest BCUT2D eigenvalue weighted by Crippen LogP contribution is -2.20. The summed E-state index contributed by atoms with van der Waals surface area (Å²) < 4.78 is 5.25. The van der Waals surface area contributed by atoms with Crippen molar-refractivity contribution in [3.63, 3.8) is 0 Å². The molecular formula is C14H20N2O3. The molecule has 0 aliphatic carbocycles. The van der Waals surface area contributed by atoms with Gasteiger partial charge in [-0.1, -0.05) is 6.07 Å². The van der Waals surface area contributed by atoms with Crippen LogP contribution in [-0.2, 0) is 11.3 Å². The quantitative estimate of drug-likeness (QED) is 0.848. The van der Waals surface area contributed by atoms with E-state index in [9.17, 15) is 4.79 Å². The fraction of sp³-hybridized carbons (Fsp3) is 0.571. The molecule has 0 radical (unpaired) electrons. The lowest BCUT2D eigenvalue weighted by molar-refractivity contribution is -0.137. The van der Waals surface area contributed by atoms with Crippen molar-refractivity contribution in [1.29, 1.82) is 0 Å². The van der Waals surface area contributed by atoms with E-state index < -0.39 is 5.97 Å². The molecule has 1 aliphatic rings. The lowest BCUT2D eigenvalue weighted by atomic mass is 10.0. The minimum Gasteiger partial charge on any atom is -0.481 e. The molecule has 0 amide bonds. The normalized spacial score (nSPS) is 19.5. The zero-order valence-corrected chi connectivity index (χ0v) is 11.2. The van der Waals surface area contributed by atoms with Gasteiger partial charge in [0.2, 0.25) is 5.88 Å². The van der Waals surface area contributed by atoms with Crippen molar-refractivity contribution in [2.75, 3.05) is 20.2 Å². The zero-order chi connectivity index (χ0) is 13.7. The second-order valence-electron chi connectivity index (χ2n) is 4.99. The first kappa shape index (κ1) is 13.8. The Bertz CT molecular complexity index is 436. The lowest BCUT2D eigenvalue weighted by Gasteiger charge is -2.17. The van der Waals surface area contributed by atoms with Gasteiger partial charge >= 0.3 is 5.97 Å². The Morgan fingerprint density at radius 1 is 1.63 bits per heavy atom. The maximum Gasteiger partial charge on any atom is 0.303 e. The third-order valence-corrected chi connectivity index (χ3v) is 3.57. The molecule has 1 atom stereocenters. The molecule has 1 aromatic rings. The van der Waals surface area contributed by atoms with Crippen molar-refractivity contribution in [3.05, 3.63) is 23.9 Å². The molecule has 2 rings (SSSR count). The summed E-state index contributed by atoms with van der Waals surface area (Å²) in [6.07, 6.45) is 3.85. The summed E-state index contributed by atoms with van der Waals surface area (Å²) in [6, 6.07) is 3.94. The summed E-state index contributed by atoms with van der Waals surface area (Å²) in [7, 11) is 1.63. The highest BCUT2D eigenvalue weighted by molar-refractivity contribution is 5.66.